The van der Waals surface area contributed by atoms with Crippen LogP contribution in [-0.2, 0) is 9.53 Å². The highest BCUT2D eigenvalue weighted by atomic mass is 16.5. The van der Waals surface area contributed by atoms with E-state index in [1.54, 1.807) is 0 Å². The number of esters is 1. The van der Waals surface area contributed by atoms with E-state index in [4.69, 9.17) is 4.74 Å². The molecule has 1 radical (unpaired) electrons. The lowest BCUT2D eigenvalue weighted by atomic mass is 9.98. The zero-order valence-electron chi connectivity index (χ0n) is 12.8. The van der Waals surface area contributed by atoms with Crippen LogP contribution >= 0.6 is 0 Å². The highest BCUT2D eigenvalue weighted by Gasteiger charge is 2.15. The molecule has 0 N–H and O–H groups in total. The third kappa shape index (κ3) is 12.0. The van der Waals surface area contributed by atoms with Crippen LogP contribution in [0.15, 0.2) is 12.7 Å². The van der Waals surface area contributed by atoms with Gasteiger partial charge in [0, 0.05) is 6.08 Å². The molecule has 2 heteroatoms. The lowest BCUT2D eigenvalue weighted by Gasteiger charge is -2.20. The highest BCUT2D eigenvalue weighted by Crippen LogP contribution is 2.20. The predicted molar refractivity (Wildman–Crippen MR) is 81.9 cm³/mol. The fourth-order valence-corrected chi connectivity index (χ4v) is 2.14. The molecule has 0 heterocycles. The molecule has 0 unspecified atom stereocenters. The smallest absolute Gasteiger partial charge is 0.330 e. The van der Waals surface area contributed by atoms with Crippen molar-refractivity contribution in [2.24, 2.45) is 0 Å². The number of carbonyl (C=O) groups is 1. The van der Waals surface area contributed by atoms with Crippen LogP contribution in [0.3, 0.4) is 0 Å². The Hall–Kier alpha value is -0.790. The van der Waals surface area contributed by atoms with E-state index in [-0.39, 0.29) is 12.1 Å². The van der Waals surface area contributed by atoms with Crippen LogP contribution in [0.2, 0.25) is 0 Å². The second kappa shape index (κ2) is 13.6. The Morgan fingerprint density at radius 1 is 1.21 bits per heavy atom. The molecule has 0 aromatic carbocycles. The van der Waals surface area contributed by atoms with Crippen molar-refractivity contribution in [2.45, 2.75) is 84.2 Å². The van der Waals surface area contributed by atoms with E-state index < -0.39 is 0 Å². The van der Waals surface area contributed by atoms with Crippen molar-refractivity contribution in [3.63, 3.8) is 0 Å². The lowest BCUT2D eigenvalue weighted by molar-refractivity contribution is -0.144. The van der Waals surface area contributed by atoms with Gasteiger partial charge >= 0.3 is 5.97 Å². The van der Waals surface area contributed by atoms with Gasteiger partial charge in [-0.3, -0.25) is 0 Å². The molecule has 0 aliphatic heterocycles. The van der Waals surface area contributed by atoms with Crippen molar-refractivity contribution in [1.29, 1.82) is 0 Å². The first-order chi connectivity index (χ1) is 9.24. The predicted octanol–water partition coefficient (Wildman–Crippen LogP) is 5.23. The summed E-state index contributed by atoms with van der Waals surface area (Å²) in [7, 11) is 0. The summed E-state index contributed by atoms with van der Waals surface area (Å²) in [6.45, 7) is 7.79. The minimum Gasteiger partial charge on any atom is -0.459 e. The molecule has 0 aromatic rings. The van der Waals surface area contributed by atoms with E-state index >= 15 is 0 Å². The Morgan fingerprint density at radius 3 is 2.42 bits per heavy atom. The lowest BCUT2D eigenvalue weighted by Crippen LogP contribution is -2.19. The maximum atomic E-state index is 10.7. The van der Waals surface area contributed by atoms with Gasteiger partial charge < -0.3 is 4.74 Å². The molecule has 0 amide bonds. The topological polar surface area (TPSA) is 26.3 Å². The van der Waals surface area contributed by atoms with Crippen molar-refractivity contribution in [3.05, 3.63) is 19.1 Å². The maximum absolute atomic E-state index is 10.7. The number of unbranched alkanes of at least 4 members (excludes halogenated alkanes) is 5. The van der Waals surface area contributed by atoms with E-state index in [2.05, 4.69) is 26.8 Å². The summed E-state index contributed by atoms with van der Waals surface area (Å²) in [4.78, 5) is 10.7. The second-order valence-electron chi connectivity index (χ2n) is 5.09. The van der Waals surface area contributed by atoms with Gasteiger partial charge in [0.1, 0.15) is 6.10 Å². The molecule has 0 spiro atoms. The molecule has 2 nitrogen and oxygen atoms in total. The first kappa shape index (κ1) is 18.2. The fraction of sp³-hybridized carbons (Fsp3) is 0.765. The van der Waals surface area contributed by atoms with Crippen molar-refractivity contribution in [3.8, 4) is 0 Å². The summed E-state index contributed by atoms with van der Waals surface area (Å²) >= 11 is 0. The molecule has 0 saturated heterocycles. The van der Waals surface area contributed by atoms with Crippen LogP contribution in [0.25, 0.3) is 0 Å². The third-order valence-electron chi connectivity index (χ3n) is 3.30. The van der Waals surface area contributed by atoms with Gasteiger partial charge in [0.05, 0.1) is 0 Å². The van der Waals surface area contributed by atoms with E-state index in [0.717, 1.165) is 12.8 Å². The number of rotatable bonds is 7. The van der Waals surface area contributed by atoms with Crippen LogP contribution in [0, 0.1) is 6.42 Å². The van der Waals surface area contributed by atoms with Gasteiger partial charge in [-0.2, -0.15) is 0 Å². The van der Waals surface area contributed by atoms with Crippen molar-refractivity contribution in [1.82, 2.24) is 0 Å². The Bertz CT molecular complexity index is 211. The minimum atomic E-state index is -0.281. The Kier molecular flexibility index (Phi) is 13.1. The first-order valence-corrected chi connectivity index (χ1v) is 7.89. The number of hydrogen-bond acceptors (Lipinski definition) is 2. The first-order valence-electron chi connectivity index (χ1n) is 7.89. The number of hydrogen-bond donors (Lipinski definition) is 0. The molecule has 1 aliphatic rings. The molecule has 111 valence electrons. The van der Waals surface area contributed by atoms with Crippen LogP contribution in [-0.4, -0.2) is 12.1 Å². The summed E-state index contributed by atoms with van der Waals surface area (Å²) in [5.41, 5.74) is 0. The average molecular weight is 267 g/mol. The molecule has 1 fully saturated rings. The summed E-state index contributed by atoms with van der Waals surface area (Å²) in [5, 5.41) is 0. The third-order valence-corrected chi connectivity index (χ3v) is 3.30. The quantitative estimate of drug-likeness (QED) is 0.359. The highest BCUT2D eigenvalue weighted by molar-refractivity contribution is 5.81. The van der Waals surface area contributed by atoms with Gasteiger partial charge in [0.25, 0.3) is 0 Å². The second-order valence-corrected chi connectivity index (χ2v) is 5.09. The Labute approximate surface area is 119 Å². The maximum Gasteiger partial charge on any atom is 0.330 e. The molecule has 1 saturated carbocycles. The van der Waals surface area contributed by atoms with Gasteiger partial charge in [-0.15, -0.1) is 0 Å². The SMILES string of the molecule is C=CC(=O)OC1CCCCC1.CC[CH]CCCCC. The Morgan fingerprint density at radius 2 is 1.89 bits per heavy atom. The summed E-state index contributed by atoms with van der Waals surface area (Å²) in [6, 6.07) is 0. The summed E-state index contributed by atoms with van der Waals surface area (Å²) in [5.74, 6) is -0.281. The molecule has 1 rings (SSSR count). The Balaban J connectivity index is 0.000000362. The van der Waals surface area contributed by atoms with Gasteiger partial charge in [0.15, 0.2) is 0 Å². The zero-order chi connectivity index (χ0) is 14.3. The molecule has 0 aromatic heterocycles. The summed E-state index contributed by atoms with van der Waals surface area (Å²) in [6.07, 6.45) is 16.2. The standard InChI is InChI=1S/C9H14O2.C8H17/c1-2-9(10)11-8-6-4-3-5-7-8;1-3-5-7-8-6-4-2/h2,8H,1,3-7H2;5H,3-4,6-8H2,1-2H3. The number of ether oxygens (including phenoxy) is 1. The molecule has 19 heavy (non-hydrogen) atoms. The zero-order valence-corrected chi connectivity index (χ0v) is 12.8. The van der Waals surface area contributed by atoms with Crippen molar-refractivity contribution < 1.29 is 9.53 Å². The normalized spacial score (nSPS) is 15.3. The van der Waals surface area contributed by atoms with Gasteiger partial charge in [0.2, 0.25) is 0 Å². The van der Waals surface area contributed by atoms with E-state index in [9.17, 15) is 4.79 Å². The van der Waals surface area contributed by atoms with Crippen molar-refractivity contribution in [2.75, 3.05) is 0 Å². The van der Waals surface area contributed by atoms with Gasteiger partial charge in [-0.05, 0) is 32.1 Å². The summed E-state index contributed by atoms with van der Waals surface area (Å²) < 4.78 is 5.08. The molecular weight excluding hydrogens is 236 g/mol. The van der Waals surface area contributed by atoms with Crippen LogP contribution in [0.5, 0.6) is 0 Å². The minimum absolute atomic E-state index is 0.161. The van der Waals surface area contributed by atoms with Crippen LogP contribution < -0.4 is 0 Å². The average Bonchev–Trinajstić information content (AvgIpc) is 2.45. The van der Waals surface area contributed by atoms with E-state index in [1.807, 2.05) is 0 Å². The van der Waals surface area contributed by atoms with Gasteiger partial charge in [-0.25, -0.2) is 4.79 Å². The molecule has 0 atom stereocenters. The van der Waals surface area contributed by atoms with Crippen LogP contribution in [0.4, 0.5) is 0 Å². The molecular formula is C17H31O2. The van der Waals surface area contributed by atoms with Crippen molar-refractivity contribution >= 4 is 5.97 Å². The van der Waals surface area contributed by atoms with E-state index in [0.29, 0.717) is 0 Å². The molecule has 1 aliphatic carbocycles. The molecule has 0 bridgehead atoms. The fourth-order valence-electron chi connectivity index (χ4n) is 2.14. The number of carbonyl (C=O) groups excluding carboxylic acids is 1. The largest absolute Gasteiger partial charge is 0.459 e. The van der Waals surface area contributed by atoms with Crippen LogP contribution in [0.1, 0.15) is 78.1 Å². The van der Waals surface area contributed by atoms with Gasteiger partial charge in [-0.1, -0.05) is 59.0 Å². The monoisotopic (exact) mass is 267 g/mol. The van der Waals surface area contributed by atoms with E-state index in [1.165, 1.54) is 57.4 Å².